The Morgan fingerprint density at radius 3 is 1.86 bits per heavy atom. The monoisotopic (exact) mass is 772 g/mol. The van der Waals surface area contributed by atoms with Gasteiger partial charge < -0.3 is 10.1 Å². The van der Waals surface area contributed by atoms with Crippen molar-refractivity contribution >= 4 is 32.8 Å². The van der Waals surface area contributed by atoms with Crippen LogP contribution in [0.4, 0.5) is 0 Å². The van der Waals surface area contributed by atoms with E-state index >= 15 is 0 Å². The molecular formula is C54H52N4O. The van der Waals surface area contributed by atoms with Crippen molar-refractivity contribution in [3.63, 3.8) is 0 Å². The maximum atomic E-state index is 11.3. The Hall–Kier alpha value is -6.46. The van der Waals surface area contributed by atoms with Gasteiger partial charge in [-0.05, 0) is 116 Å². The molecule has 0 amide bonds. The Balaban J connectivity index is 1.27. The van der Waals surface area contributed by atoms with Gasteiger partial charge in [0, 0.05) is 44.8 Å². The third-order valence-electron chi connectivity index (χ3n) is 11.7. The normalized spacial score (nSPS) is 12.6. The number of nitrogens with zero attached hydrogens (tertiary/aromatic N) is 3. The molecule has 5 heteroatoms. The Labute approximate surface area is 347 Å². The number of phenolic OH excluding ortho intramolecular Hbond substituents is 1. The molecule has 3 heterocycles. The number of H-pyrrole nitrogens is 1. The minimum absolute atomic E-state index is 0.0797. The number of fused-ring (bicyclic) bond motifs is 4. The van der Waals surface area contributed by atoms with E-state index in [1.807, 2.05) is 24.4 Å². The van der Waals surface area contributed by atoms with Crippen molar-refractivity contribution in [1.82, 2.24) is 19.5 Å². The van der Waals surface area contributed by atoms with E-state index in [9.17, 15) is 5.11 Å². The number of aromatic nitrogens is 4. The zero-order valence-corrected chi connectivity index (χ0v) is 35.6. The Bertz CT molecular complexity index is 3040. The van der Waals surface area contributed by atoms with Crippen LogP contribution in [-0.4, -0.2) is 24.6 Å². The van der Waals surface area contributed by atoms with Gasteiger partial charge in [0.2, 0.25) is 0 Å². The zero-order valence-electron chi connectivity index (χ0n) is 35.6. The third-order valence-corrected chi connectivity index (χ3v) is 11.7. The summed E-state index contributed by atoms with van der Waals surface area (Å²) in [6.45, 7) is 20.4. The summed E-state index contributed by atoms with van der Waals surface area (Å²) >= 11 is 0. The molecule has 0 aliphatic heterocycles. The number of imidazole rings is 1. The molecule has 294 valence electrons. The van der Waals surface area contributed by atoms with Crippen LogP contribution in [0.2, 0.25) is 0 Å². The summed E-state index contributed by atoms with van der Waals surface area (Å²) in [4.78, 5) is 14.1. The van der Waals surface area contributed by atoms with Crippen LogP contribution in [0, 0.1) is 0 Å². The average Bonchev–Trinajstić information content (AvgIpc) is 3.79. The maximum absolute atomic E-state index is 11.3. The Morgan fingerprint density at radius 2 is 1.14 bits per heavy atom. The number of nitrogens with one attached hydrogen (secondary N) is 1. The molecule has 6 aromatic carbocycles. The standard InChI is InChI=1S/C54H52N4O/c1-52(2,3)36-27-34(26-35(28-36)46-29-33(24-25-55-46)40-18-14-21-45-49(40)42-16-10-12-20-44(42)56-45)41-19-15-22-47-50(41)57-51(43-17-11-13-23-48(43)59)58(47)39-31-37(53(4,5)6)30-38(32-39)54(7,8)9/h10-32,56,59H,1-9H3. The van der Waals surface area contributed by atoms with E-state index < -0.39 is 0 Å². The SMILES string of the molecule is CC(C)(C)c1cc(-c2cc(-c3cccc4[nH]c5ccccc5c34)ccn2)cc(-c2cccc3c2nc(-c2ccccc2O)n3-c2cc(C(C)(C)C)cc(C(C)(C)C)c2)c1. The maximum Gasteiger partial charge on any atom is 0.149 e. The predicted octanol–water partition coefficient (Wildman–Crippen LogP) is 14.3. The van der Waals surface area contributed by atoms with Crippen molar-refractivity contribution in [3.8, 4) is 56.3 Å². The third kappa shape index (κ3) is 6.89. The van der Waals surface area contributed by atoms with E-state index in [-0.39, 0.29) is 22.0 Å². The van der Waals surface area contributed by atoms with Crippen molar-refractivity contribution in [1.29, 1.82) is 0 Å². The van der Waals surface area contributed by atoms with Crippen LogP contribution in [0.1, 0.15) is 79.0 Å². The molecule has 0 aliphatic rings. The van der Waals surface area contributed by atoms with E-state index in [0.29, 0.717) is 11.4 Å². The summed E-state index contributed by atoms with van der Waals surface area (Å²) in [5.74, 6) is 0.893. The summed E-state index contributed by atoms with van der Waals surface area (Å²) in [6.07, 6.45) is 1.93. The van der Waals surface area contributed by atoms with Crippen LogP contribution in [-0.2, 0) is 16.2 Å². The summed E-state index contributed by atoms with van der Waals surface area (Å²) < 4.78 is 2.24. The lowest BCUT2D eigenvalue weighted by Crippen LogP contribution is -2.17. The molecule has 0 aliphatic carbocycles. The number of hydrogen-bond acceptors (Lipinski definition) is 3. The van der Waals surface area contributed by atoms with Crippen molar-refractivity contribution < 1.29 is 5.11 Å². The van der Waals surface area contributed by atoms with Crippen molar-refractivity contribution in [2.75, 3.05) is 0 Å². The molecule has 0 atom stereocenters. The highest BCUT2D eigenvalue weighted by molar-refractivity contribution is 6.14. The predicted molar refractivity (Wildman–Crippen MR) is 248 cm³/mol. The molecule has 0 saturated heterocycles. The number of para-hydroxylation sites is 3. The van der Waals surface area contributed by atoms with Crippen LogP contribution in [0.15, 0.2) is 140 Å². The van der Waals surface area contributed by atoms with Crippen LogP contribution >= 0.6 is 0 Å². The number of aromatic amines is 1. The molecule has 5 nitrogen and oxygen atoms in total. The van der Waals surface area contributed by atoms with Gasteiger partial charge in [0.05, 0.1) is 22.3 Å². The van der Waals surface area contributed by atoms with Crippen molar-refractivity contribution in [2.45, 2.75) is 78.6 Å². The van der Waals surface area contributed by atoms with Gasteiger partial charge in [0.15, 0.2) is 0 Å². The molecule has 0 spiro atoms. The number of benzene rings is 6. The lowest BCUT2D eigenvalue weighted by atomic mass is 9.80. The summed E-state index contributed by atoms with van der Waals surface area (Å²) in [6, 6.07) is 47.1. The quantitative estimate of drug-likeness (QED) is 0.183. The van der Waals surface area contributed by atoms with E-state index in [1.165, 1.54) is 33.0 Å². The summed E-state index contributed by atoms with van der Waals surface area (Å²) in [5.41, 5.74) is 15.6. The number of aromatic hydroxyl groups is 1. The Morgan fingerprint density at radius 1 is 0.525 bits per heavy atom. The molecule has 0 saturated carbocycles. The highest BCUT2D eigenvalue weighted by Gasteiger charge is 2.26. The molecule has 0 radical (unpaired) electrons. The van der Waals surface area contributed by atoms with Crippen LogP contribution in [0.5, 0.6) is 5.75 Å². The first-order valence-electron chi connectivity index (χ1n) is 20.6. The van der Waals surface area contributed by atoms with Gasteiger partial charge in [-0.2, -0.15) is 0 Å². The lowest BCUT2D eigenvalue weighted by Gasteiger charge is -2.27. The van der Waals surface area contributed by atoms with E-state index in [0.717, 1.165) is 55.7 Å². The number of rotatable bonds is 5. The fourth-order valence-corrected chi connectivity index (χ4v) is 8.31. The first-order chi connectivity index (χ1) is 28.0. The zero-order chi connectivity index (χ0) is 41.4. The molecule has 9 rings (SSSR count). The molecule has 0 bridgehead atoms. The highest BCUT2D eigenvalue weighted by Crippen LogP contribution is 2.42. The fourth-order valence-electron chi connectivity index (χ4n) is 8.31. The van der Waals surface area contributed by atoms with Crippen molar-refractivity contribution in [2.24, 2.45) is 0 Å². The first-order valence-corrected chi connectivity index (χ1v) is 20.6. The largest absolute Gasteiger partial charge is 0.507 e. The number of hydrogen-bond donors (Lipinski definition) is 2. The molecule has 3 aromatic heterocycles. The molecule has 59 heavy (non-hydrogen) atoms. The molecular weight excluding hydrogens is 721 g/mol. The van der Waals surface area contributed by atoms with Gasteiger partial charge in [0.1, 0.15) is 11.6 Å². The second-order valence-electron chi connectivity index (χ2n) is 19.1. The van der Waals surface area contributed by atoms with Crippen LogP contribution in [0.3, 0.4) is 0 Å². The van der Waals surface area contributed by atoms with Gasteiger partial charge in [-0.25, -0.2) is 4.98 Å². The Kier molecular flexibility index (Phi) is 8.93. The number of phenols is 1. The van der Waals surface area contributed by atoms with Gasteiger partial charge in [-0.15, -0.1) is 0 Å². The molecule has 2 N–H and O–H groups in total. The molecule has 0 unspecified atom stereocenters. The van der Waals surface area contributed by atoms with E-state index in [2.05, 4.69) is 181 Å². The van der Waals surface area contributed by atoms with Crippen LogP contribution in [0.25, 0.3) is 83.4 Å². The average molecular weight is 773 g/mol. The minimum atomic E-state index is -0.136. The second kappa shape index (κ2) is 13.8. The van der Waals surface area contributed by atoms with Gasteiger partial charge in [-0.3, -0.25) is 9.55 Å². The van der Waals surface area contributed by atoms with E-state index in [1.54, 1.807) is 6.07 Å². The van der Waals surface area contributed by atoms with Crippen LogP contribution < -0.4 is 0 Å². The smallest absolute Gasteiger partial charge is 0.149 e. The highest BCUT2D eigenvalue weighted by atomic mass is 16.3. The topological polar surface area (TPSA) is 66.7 Å². The van der Waals surface area contributed by atoms with E-state index in [4.69, 9.17) is 9.97 Å². The van der Waals surface area contributed by atoms with Gasteiger partial charge >= 0.3 is 0 Å². The van der Waals surface area contributed by atoms with Gasteiger partial charge in [-0.1, -0.05) is 129 Å². The molecule has 0 fully saturated rings. The molecule has 9 aromatic rings. The summed E-state index contributed by atoms with van der Waals surface area (Å²) in [5, 5.41) is 13.8. The first kappa shape index (κ1) is 38.1. The number of pyridine rings is 1. The second-order valence-corrected chi connectivity index (χ2v) is 19.1. The fraction of sp³-hybridized carbons (Fsp3) is 0.222. The minimum Gasteiger partial charge on any atom is -0.507 e. The van der Waals surface area contributed by atoms with Gasteiger partial charge in [0.25, 0.3) is 0 Å². The van der Waals surface area contributed by atoms with Crippen molar-refractivity contribution in [3.05, 3.63) is 156 Å². The lowest BCUT2D eigenvalue weighted by molar-refractivity contribution is 0.477. The summed E-state index contributed by atoms with van der Waals surface area (Å²) in [7, 11) is 0.